The highest BCUT2D eigenvalue weighted by atomic mass is 32.1. The first-order valence-corrected chi connectivity index (χ1v) is 9.61. The lowest BCUT2D eigenvalue weighted by Crippen LogP contribution is -2.50. The number of thiol groups is 1. The number of imide groups is 1. The molecule has 28 heavy (non-hydrogen) atoms. The fourth-order valence-electron chi connectivity index (χ4n) is 2.22. The lowest BCUT2D eigenvalue weighted by Gasteiger charge is -2.31. The Labute approximate surface area is 170 Å². The SMILES string of the molecule is CC(C)(CO)[C@@H](O)C(=O)N(CCC(=O)NCCS)C(=O)C=Cc1ccccc1. The molecule has 0 aliphatic carbocycles. The minimum atomic E-state index is -1.59. The van der Waals surface area contributed by atoms with Crippen LogP contribution in [0.5, 0.6) is 0 Å². The van der Waals surface area contributed by atoms with E-state index in [1.165, 1.54) is 19.9 Å². The fraction of sp³-hybridized carbons (Fsp3) is 0.450. The Balaban J connectivity index is 2.95. The summed E-state index contributed by atoms with van der Waals surface area (Å²) in [5.41, 5.74) is -0.362. The van der Waals surface area contributed by atoms with Crippen molar-refractivity contribution in [3.8, 4) is 0 Å². The van der Waals surface area contributed by atoms with E-state index in [1.807, 2.05) is 18.2 Å². The highest BCUT2D eigenvalue weighted by Gasteiger charge is 2.37. The van der Waals surface area contributed by atoms with Crippen molar-refractivity contribution >= 4 is 36.4 Å². The first-order chi connectivity index (χ1) is 13.2. The Kier molecular flexibility index (Phi) is 9.92. The monoisotopic (exact) mass is 408 g/mol. The number of carbonyl (C=O) groups is 3. The fourth-order valence-corrected chi connectivity index (χ4v) is 2.33. The Morgan fingerprint density at radius 2 is 1.89 bits per heavy atom. The first kappa shape index (κ1) is 23.9. The van der Waals surface area contributed by atoms with Gasteiger partial charge in [0.1, 0.15) is 6.10 Å². The van der Waals surface area contributed by atoms with Crippen molar-refractivity contribution in [1.82, 2.24) is 10.2 Å². The van der Waals surface area contributed by atoms with E-state index >= 15 is 0 Å². The molecule has 154 valence electrons. The van der Waals surface area contributed by atoms with Crippen LogP contribution in [0, 0.1) is 5.41 Å². The number of benzene rings is 1. The average Bonchev–Trinajstić information content (AvgIpc) is 2.70. The van der Waals surface area contributed by atoms with E-state index in [0.29, 0.717) is 12.3 Å². The van der Waals surface area contributed by atoms with Gasteiger partial charge in [-0.3, -0.25) is 19.3 Å². The Morgan fingerprint density at radius 3 is 2.46 bits per heavy atom. The van der Waals surface area contributed by atoms with Crippen molar-refractivity contribution in [3.63, 3.8) is 0 Å². The zero-order valence-corrected chi connectivity index (χ0v) is 17.1. The largest absolute Gasteiger partial charge is 0.396 e. The maximum absolute atomic E-state index is 12.7. The van der Waals surface area contributed by atoms with E-state index in [2.05, 4.69) is 17.9 Å². The summed E-state index contributed by atoms with van der Waals surface area (Å²) in [6.07, 6.45) is 1.08. The van der Waals surface area contributed by atoms with Crippen molar-refractivity contribution < 1.29 is 24.6 Å². The van der Waals surface area contributed by atoms with Crippen molar-refractivity contribution in [3.05, 3.63) is 42.0 Å². The first-order valence-electron chi connectivity index (χ1n) is 8.98. The van der Waals surface area contributed by atoms with Gasteiger partial charge in [0, 0.05) is 36.8 Å². The molecule has 0 saturated heterocycles. The maximum atomic E-state index is 12.7. The van der Waals surface area contributed by atoms with Gasteiger partial charge in [0.25, 0.3) is 11.8 Å². The number of nitrogens with one attached hydrogen (secondary N) is 1. The number of hydrogen-bond donors (Lipinski definition) is 4. The van der Waals surface area contributed by atoms with Crippen LogP contribution in [0.4, 0.5) is 0 Å². The molecule has 0 heterocycles. The van der Waals surface area contributed by atoms with Crippen LogP contribution in [-0.4, -0.2) is 64.4 Å². The zero-order valence-electron chi connectivity index (χ0n) is 16.2. The molecule has 3 amide bonds. The summed E-state index contributed by atoms with van der Waals surface area (Å²) in [7, 11) is 0. The molecule has 1 atom stereocenters. The molecular formula is C20H28N2O5S. The van der Waals surface area contributed by atoms with Crippen molar-refractivity contribution in [2.24, 2.45) is 5.41 Å². The Hall–Kier alpha value is -2.16. The van der Waals surface area contributed by atoms with Crippen molar-refractivity contribution in [2.75, 3.05) is 25.4 Å². The number of rotatable bonds is 10. The summed E-state index contributed by atoms with van der Waals surface area (Å²) < 4.78 is 0. The number of amides is 3. The quantitative estimate of drug-likeness (QED) is 0.340. The standard InChI is InChI=1S/C20H28N2O5S/c1-20(2,14-23)18(26)19(27)22(12-10-16(24)21-11-13-28)17(25)9-8-15-6-4-3-5-7-15/h3-9,18,23,26,28H,10-14H2,1-2H3,(H,21,24)/t18-/m0/s1. The summed E-state index contributed by atoms with van der Waals surface area (Å²) in [6.45, 7) is 2.77. The predicted octanol–water partition coefficient (Wildman–Crippen LogP) is 0.870. The van der Waals surface area contributed by atoms with Gasteiger partial charge in [0.15, 0.2) is 0 Å². The summed E-state index contributed by atoms with van der Waals surface area (Å²) in [5, 5.41) is 22.3. The number of aliphatic hydroxyl groups is 2. The lowest BCUT2D eigenvalue weighted by molar-refractivity contribution is -0.154. The number of nitrogens with zero attached hydrogens (tertiary/aromatic N) is 1. The Morgan fingerprint density at radius 1 is 1.25 bits per heavy atom. The molecule has 3 N–H and O–H groups in total. The zero-order chi connectivity index (χ0) is 21.2. The molecule has 7 nitrogen and oxygen atoms in total. The smallest absolute Gasteiger partial charge is 0.258 e. The molecule has 1 rings (SSSR count). The van der Waals surface area contributed by atoms with E-state index in [9.17, 15) is 24.6 Å². The lowest BCUT2D eigenvalue weighted by atomic mass is 9.86. The molecule has 0 fully saturated rings. The second kappa shape index (κ2) is 11.6. The molecule has 0 aliphatic heterocycles. The van der Waals surface area contributed by atoms with E-state index in [-0.39, 0.29) is 18.9 Å². The average molecular weight is 409 g/mol. The maximum Gasteiger partial charge on any atom is 0.258 e. The van der Waals surface area contributed by atoms with E-state index in [0.717, 1.165) is 10.5 Å². The van der Waals surface area contributed by atoms with E-state index < -0.39 is 29.9 Å². The third kappa shape index (κ3) is 7.46. The molecule has 1 aromatic rings. The topological polar surface area (TPSA) is 107 Å². The van der Waals surface area contributed by atoms with Crippen molar-refractivity contribution in [2.45, 2.75) is 26.4 Å². The van der Waals surface area contributed by atoms with Gasteiger partial charge in [-0.2, -0.15) is 12.6 Å². The third-order valence-corrected chi connectivity index (χ3v) is 4.35. The molecular weight excluding hydrogens is 380 g/mol. The summed E-state index contributed by atoms with van der Waals surface area (Å²) >= 11 is 4.00. The second-order valence-electron chi connectivity index (χ2n) is 6.94. The summed E-state index contributed by atoms with van der Waals surface area (Å²) in [5.74, 6) is -1.37. The van der Waals surface area contributed by atoms with Crippen LogP contribution in [0.15, 0.2) is 36.4 Å². The van der Waals surface area contributed by atoms with Crippen LogP contribution in [0.1, 0.15) is 25.8 Å². The molecule has 0 unspecified atom stereocenters. The van der Waals surface area contributed by atoms with Gasteiger partial charge in [0.05, 0.1) is 6.61 Å². The minimum absolute atomic E-state index is 0.100. The molecule has 0 radical (unpaired) electrons. The molecule has 0 aromatic heterocycles. The van der Waals surface area contributed by atoms with Crippen LogP contribution in [0.3, 0.4) is 0 Å². The van der Waals surface area contributed by atoms with E-state index in [4.69, 9.17) is 0 Å². The second-order valence-corrected chi connectivity index (χ2v) is 7.39. The molecule has 8 heteroatoms. The summed E-state index contributed by atoms with van der Waals surface area (Å²) in [6, 6.07) is 9.06. The molecule has 0 spiro atoms. The highest BCUT2D eigenvalue weighted by molar-refractivity contribution is 7.80. The summed E-state index contributed by atoms with van der Waals surface area (Å²) in [4.78, 5) is 38.0. The highest BCUT2D eigenvalue weighted by Crippen LogP contribution is 2.21. The van der Waals surface area contributed by atoms with Gasteiger partial charge in [-0.25, -0.2) is 0 Å². The van der Waals surface area contributed by atoms with Crippen LogP contribution in [0.25, 0.3) is 6.08 Å². The molecule has 0 aliphatic rings. The van der Waals surface area contributed by atoms with Crippen LogP contribution < -0.4 is 5.32 Å². The third-order valence-electron chi connectivity index (χ3n) is 4.13. The van der Waals surface area contributed by atoms with Crippen LogP contribution in [-0.2, 0) is 14.4 Å². The van der Waals surface area contributed by atoms with E-state index in [1.54, 1.807) is 18.2 Å². The van der Waals surface area contributed by atoms with Crippen molar-refractivity contribution in [1.29, 1.82) is 0 Å². The predicted molar refractivity (Wildman–Crippen MR) is 111 cm³/mol. The molecule has 0 bridgehead atoms. The van der Waals surface area contributed by atoms with Gasteiger partial charge < -0.3 is 15.5 Å². The van der Waals surface area contributed by atoms with Gasteiger partial charge >= 0.3 is 0 Å². The number of aliphatic hydroxyl groups excluding tert-OH is 2. The number of carbonyl (C=O) groups excluding carboxylic acids is 3. The van der Waals surface area contributed by atoms with Crippen LogP contribution >= 0.6 is 12.6 Å². The number of hydrogen-bond acceptors (Lipinski definition) is 6. The molecule has 0 saturated carbocycles. The van der Waals surface area contributed by atoms with Gasteiger partial charge in [-0.15, -0.1) is 0 Å². The van der Waals surface area contributed by atoms with Gasteiger partial charge in [-0.1, -0.05) is 44.2 Å². The van der Waals surface area contributed by atoms with Gasteiger partial charge in [0.2, 0.25) is 5.91 Å². The minimum Gasteiger partial charge on any atom is -0.396 e. The molecule has 1 aromatic carbocycles. The Bertz CT molecular complexity index is 691. The van der Waals surface area contributed by atoms with Crippen LogP contribution in [0.2, 0.25) is 0 Å². The normalized spacial score (nSPS) is 12.6. The van der Waals surface area contributed by atoms with Gasteiger partial charge in [-0.05, 0) is 11.6 Å².